The number of ketones is 1. The number of Topliss-reactive ketones (excluding diaryl/α,β-unsaturated/α-hetero) is 1. The van der Waals surface area contributed by atoms with E-state index in [1.807, 2.05) is 6.92 Å². The molecule has 0 fully saturated rings. The average Bonchev–Trinajstić information content (AvgIpc) is 3.64. The Kier molecular flexibility index (Phi) is 8.32. The van der Waals surface area contributed by atoms with E-state index in [-0.39, 0.29) is 36.6 Å². The molecular formula is C36H43N3O4. The van der Waals surface area contributed by atoms with Gasteiger partial charge in [0.05, 0.1) is 28.7 Å². The van der Waals surface area contributed by atoms with Gasteiger partial charge in [0.15, 0.2) is 5.78 Å². The Morgan fingerprint density at radius 1 is 1.07 bits per heavy atom. The summed E-state index contributed by atoms with van der Waals surface area (Å²) in [6.07, 6.45) is 1.47. The summed E-state index contributed by atoms with van der Waals surface area (Å²) >= 11 is 0. The number of rotatable bonds is 6. The number of ether oxygens (including phenoxy) is 1. The van der Waals surface area contributed by atoms with Gasteiger partial charge in [-0.2, -0.15) is 0 Å². The lowest BCUT2D eigenvalue weighted by Crippen LogP contribution is -2.08. The van der Waals surface area contributed by atoms with Gasteiger partial charge in [0, 0.05) is 54.1 Å². The van der Waals surface area contributed by atoms with Crippen LogP contribution in [0.1, 0.15) is 131 Å². The highest BCUT2D eigenvalue weighted by atomic mass is 16.5. The maximum absolute atomic E-state index is 13.5. The van der Waals surface area contributed by atoms with Crippen LogP contribution in [0.25, 0.3) is 22.2 Å². The third-order valence-electron chi connectivity index (χ3n) is 9.78. The molecule has 7 nitrogen and oxygen atoms in total. The van der Waals surface area contributed by atoms with Crippen LogP contribution in [0.2, 0.25) is 0 Å². The Bertz CT molecular complexity index is 1760. The Balaban J connectivity index is 1.96. The lowest BCUT2D eigenvalue weighted by atomic mass is 9.85. The van der Waals surface area contributed by atoms with Gasteiger partial charge in [-0.3, -0.25) is 14.6 Å². The van der Waals surface area contributed by atoms with Gasteiger partial charge in [-0.15, -0.1) is 0 Å². The van der Waals surface area contributed by atoms with E-state index in [4.69, 9.17) is 14.7 Å². The summed E-state index contributed by atoms with van der Waals surface area (Å²) in [5, 5.41) is 9.55. The number of carboxylic acids is 1. The molecule has 7 heteroatoms. The maximum atomic E-state index is 13.5. The second kappa shape index (κ2) is 11.7. The quantitative estimate of drug-likeness (QED) is 0.356. The van der Waals surface area contributed by atoms with Crippen molar-refractivity contribution in [2.75, 3.05) is 7.11 Å². The van der Waals surface area contributed by atoms with Gasteiger partial charge < -0.3 is 14.8 Å². The van der Waals surface area contributed by atoms with Gasteiger partial charge in [-0.1, -0.05) is 13.8 Å². The fourth-order valence-corrected chi connectivity index (χ4v) is 7.11. The molecule has 3 aliphatic rings. The van der Waals surface area contributed by atoms with Crippen LogP contribution in [0.3, 0.4) is 0 Å². The van der Waals surface area contributed by atoms with Crippen molar-refractivity contribution in [1.29, 1.82) is 0 Å². The van der Waals surface area contributed by atoms with Crippen molar-refractivity contribution in [2.45, 2.75) is 99.0 Å². The highest BCUT2D eigenvalue weighted by molar-refractivity contribution is 6.13. The third kappa shape index (κ3) is 5.29. The van der Waals surface area contributed by atoms with E-state index in [9.17, 15) is 14.7 Å². The van der Waals surface area contributed by atoms with E-state index in [1.165, 1.54) is 5.57 Å². The number of hydrogen-bond donors (Lipinski definition) is 2. The van der Waals surface area contributed by atoms with E-state index in [0.717, 1.165) is 79.2 Å². The van der Waals surface area contributed by atoms with Crippen molar-refractivity contribution in [3.05, 3.63) is 79.9 Å². The number of aryl methyl sites for hydroxylation is 3. The summed E-state index contributed by atoms with van der Waals surface area (Å²) in [6.45, 7) is 16.8. The van der Waals surface area contributed by atoms with Gasteiger partial charge in [0.2, 0.25) is 0 Å². The molecule has 226 valence electrons. The Labute approximate surface area is 254 Å². The largest absolute Gasteiger partial charge is 0.481 e. The number of allylic oxidation sites excluding steroid dienone is 2. The smallest absolute Gasteiger partial charge is 0.303 e. The highest BCUT2D eigenvalue weighted by Crippen LogP contribution is 2.44. The zero-order valence-corrected chi connectivity index (χ0v) is 26.9. The lowest BCUT2D eigenvalue weighted by molar-refractivity contribution is -0.137. The van der Waals surface area contributed by atoms with Crippen LogP contribution in [0.15, 0.2) is 18.2 Å². The number of nitrogens with zero attached hydrogens (tertiary/aromatic N) is 2. The zero-order valence-electron chi connectivity index (χ0n) is 26.9. The predicted octanol–water partition coefficient (Wildman–Crippen LogP) is 8.17. The number of nitrogens with one attached hydrogen (secondary N) is 1. The Morgan fingerprint density at radius 2 is 1.79 bits per heavy atom. The topological polar surface area (TPSA) is 105 Å². The number of H-pyrrole nitrogens is 1. The molecule has 2 aromatic rings. The molecular weight excluding hydrogens is 538 g/mol. The Hall–Kier alpha value is -3.84. The van der Waals surface area contributed by atoms with Crippen molar-refractivity contribution < 1.29 is 19.4 Å². The summed E-state index contributed by atoms with van der Waals surface area (Å²) in [6, 6.07) is 6.36. The van der Waals surface area contributed by atoms with E-state index in [0.29, 0.717) is 12.0 Å². The second-order valence-electron chi connectivity index (χ2n) is 12.3. The monoisotopic (exact) mass is 581 g/mol. The van der Waals surface area contributed by atoms with Crippen LogP contribution >= 0.6 is 0 Å². The molecule has 2 N–H and O–H groups in total. The first-order valence-corrected chi connectivity index (χ1v) is 15.3. The van der Waals surface area contributed by atoms with E-state index in [1.54, 1.807) is 7.11 Å². The fraction of sp³-hybridized carbons (Fsp3) is 0.444. The van der Waals surface area contributed by atoms with Crippen molar-refractivity contribution in [3.8, 4) is 0 Å². The minimum Gasteiger partial charge on any atom is -0.481 e. The predicted molar refractivity (Wildman–Crippen MR) is 171 cm³/mol. The van der Waals surface area contributed by atoms with Crippen LogP contribution in [-0.4, -0.2) is 38.9 Å². The standard InChI is InChI=1S/C36H43N3O4/c1-10-24-20(5)27-14-18(3)33(23(8)43-9)19(4)17(2)13-28-21(6)25(11-12-32(41)42)35(38-28)26-15-31(40)34-22(7)29(39-36(26)34)16-30(24)37-27/h13-14,16,21,23,25,39H,10-12,15H2,1-9H3,(H,41,42)/t21-,23?,25-/m0/s1. The molecule has 0 saturated carbocycles. The molecule has 0 amide bonds. The van der Waals surface area contributed by atoms with Crippen molar-refractivity contribution in [1.82, 2.24) is 15.0 Å². The van der Waals surface area contributed by atoms with Crippen LogP contribution in [0.4, 0.5) is 0 Å². The van der Waals surface area contributed by atoms with Gasteiger partial charge >= 0.3 is 5.97 Å². The highest BCUT2D eigenvalue weighted by Gasteiger charge is 2.35. The minimum atomic E-state index is -0.829. The van der Waals surface area contributed by atoms with E-state index >= 15 is 0 Å². The molecule has 1 unspecified atom stereocenters. The molecule has 3 atom stereocenters. The number of carbonyl (C=O) groups is 2. The number of methoxy groups -OCH3 is 1. The number of hydrogen-bond acceptors (Lipinski definition) is 5. The average molecular weight is 582 g/mol. The molecule has 6 bridgehead atoms. The van der Waals surface area contributed by atoms with Gasteiger partial charge in [-0.25, -0.2) is 4.98 Å². The number of carboxylic acid groups (broad SMARTS) is 1. The first kappa shape index (κ1) is 30.6. The number of carbonyl (C=O) groups excluding carboxylic acids is 1. The zero-order chi connectivity index (χ0) is 31.3. The molecule has 2 aromatic heterocycles. The maximum Gasteiger partial charge on any atom is 0.303 e. The van der Waals surface area contributed by atoms with Crippen LogP contribution < -0.4 is 0 Å². The first-order valence-electron chi connectivity index (χ1n) is 15.3. The van der Waals surface area contributed by atoms with Crippen LogP contribution in [0, 0.1) is 27.7 Å². The molecule has 43 heavy (non-hydrogen) atoms. The summed E-state index contributed by atoms with van der Waals surface area (Å²) in [7, 11) is 1.73. The number of aromatic nitrogens is 3. The molecule has 0 saturated heterocycles. The number of aromatic amines is 1. The third-order valence-corrected chi connectivity index (χ3v) is 9.78. The minimum absolute atomic E-state index is 0.00406. The summed E-state index contributed by atoms with van der Waals surface area (Å²) < 4.78 is 5.86. The van der Waals surface area contributed by atoms with Gasteiger partial charge in [0.25, 0.3) is 0 Å². The van der Waals surface area contributed by atoms with Gasteiger partial charge in [0.1, 0.15) is 0 Å². The number of fused-ring (bicyclic) bond motifs is 6. The molecule has 4 heterocycles. The SMILES string of the molecule is CCC1=C(C)c2cc(C)c(C(C)OC)c(C)c(C)cc3nc(c4c5[nH]c(cc1n2)c(C)c5C(=O)C4)[C@@H](CCC(=O)O)[C@@H]3C. The van der Waals surface area contributed by atoms with Crippen LogP contribution in [-0.2, 0) is 16.0 Å². The first-order chi connectivity index (χ1) is 20.4. The number of aliphatic carboxylic acids is 1. The van der Waals surface area contributed by atoms with E-state index in [2.05, 4.69) is 71.6 Å². The normalized spacial score (nSPS) is 18.2. The van der Waals surface area contributed by atoms with Gasteiger partial charge in [-0.05, 0) is 112 Å². The van der Waals surface area contributed by atoms with Crippen molar-refractivity contribution in [3.63, 3.8) is 0 Å². The fourth-order valence-electron chi connectivity index (χ4n) is 7.11. The summed E-state index contributed by atoms with van der Waals surface area (Å²) in [4.78, 5) is 38.9. The Morgan fingerprint density at radius 3 is 2.44 bits per heavy atom. The molecule has 1 aliphatic carbocycles. The second-order valence-corrected chi connectivity index (χ2v) is 12.3. The van der Waals surface area contributed by atoms with Crippen molar-refractivity contribution in [2.24, 2.45) is 0 Å². The van der Waals surface area contributed by atoms with Crippen LogP contribution in [0.5, 0.6) is 0 Å². The van der Waals surface area contributed by atoms with E-state index < -0.39 is 5.97 Å². The molecule has 2 aliphatic heterocycles. The molecule has 0 spiro atoms. The van der Waals surface area contributed by atoms with Crippen molar-refractivity contribution >= 4 is 33.9 Å². The molecule has 0 aromatic carbocycles. The lowest BCUT2D eigenvalue weighted by Gasteiger charge is -2.17. The molecule has 5 rings (SSSR count). The molecule has 0 radical (unpaired) electrons. The summed E-state index contributed by atoms with van der Waals surface area (Å²) in [5.74, 6) is -0.854. The summed E-state index contributed by atoms with van der Waals surface area (Å²) in [5.41, 5.74) is 14.5.